The van der Waals surface area contributed by atoms with E-state index in [2.05, 4.69) is 24.5 Å². The second kappa shape index (κ2) is 9.23. The molecule has 1 aromatic carbocycles. The number of anilines is 1. The van der Waals surface area contributed by atoms with E-state index in [1.165, 1.54) is 12.1 Å². The third-order valence-electron chi connectivity index (χ3n) is 5.48. The van der Waals surface area contributed by atoms with E-state index in [9.17, 15) is 13.2 Å². The molecule has 1 aromatic heterocycles. The molecule has 0 unspecified atom stereocenters. The lowest BCUT2D eigenvalue weighted by molar-refractivity contribution is -0.274. The predicted octanol–water partition coefficient (Wildman–Crippen LogP) is 2.23. The molecular formula is C20H26F3N5O2. The molecule has 0 bridgehead atoms. The third kappa shape index (κ3) is 5.65. The largest absolute Gasteiger partial charge is 0.573 e. The summed E-state index contributed by atoms with van der Waals surface area (Å²) < 4.78 is 47.8. The molecule has 0 radical (unpaired) electrons. The van der Waals surface area contributed by atoms with Crippen LogP contribution in [0.2, 0.25) is 0 Å². The van der Waals surface area contributed by atoms with Crippen LogP contribution in [0.1, 0.15) is 0 Å². The van der Waals surface area contributed by atoms with E-state index < -0.39 is 6.36 Å². The van der Waals surface area contributed by atoms with Crippen LogP contribution in [0.4, 0.5) is 18.9 Å². The van der Waals surface area contributed by atoms with Gasteiger partial charge < -0.3 is 14.4 Å². The molecule has 2 aromatic rings. The van der Waals surface area contributed by atoms with Gasteiger partial charge in [-0.3, -0.25) is 9.80 Å². The highest BCUT2D eigenvalue weighted by Crippen LogP contribution is 2.24. The van der Waals surface area contributed by atoms with Crippen LogP contribution in [-0.4, -0.2) is 91.5 Å². The monoisotopic (exact) mass is 425 g/mol. The molecule has 4 rings (SSSR count). The number of benzene rings is 1. The highest BCUT2D eigenvalue weighted by molar-refractivity contribution is 5.46. The number of hydrogen-bond donors (Lipinski definition) is 0. The van der Waals surface area contributed by atoms with E-state index in [4.69, 9.17) is 4.74 Å². The first-order chi connectivity index (χ1) is 14.5. The summed E-state index contributed by atoms with van der Waals surface area (Å²) in [6.07, 6.45) is -0.989. The molecule has 0 N–H and O–H groups in total. The molecule has 0 spiro atoms. The molecule has 7 nitrogen and oxygen atoms in total. The van der Waals surface area contributed by atoms with E-state index in [1.807, 2.05) is 6.20 Å². The SMILES string of the molecule is FC(F)(F)Oc1ccc(-n2cc(N3CCN(CCN4CCOCC4)CC3)cn2)cc1. The second-order valence-electron chi connectivity index (χ2n) is 7.47. The molecule has 0 aliphatic carbocycles. The minimum absolute atomic E-state index is 0.244. The Bertz CT molecular complexity index is 798. The van der Waals surface area contributed by atoms with Crippen LogP contribution >= 0.6 is 0 Å². The number of nitrogens with zero attached hydrogens (tertiary/aromatic N) is 5. The van der Waals surface area contributed by atoms with Gasteiger partial charge in [0, 0.05) is 52.4 Å². The van der Waals surface area contributed by atoms with Gasteiger partial charge >= 0.3 is 6.36 Å². The number of rotatable bonds is 6. The molecule has 2 aliphatic heterocycles. The minimum atomic E-state index is -4.69. The number of hydrogen-bond acceptors (Lipinski definition) is 6. The Hall–Kier alpha value is -2.30. The zero-order valence-electron chi connectivity index (χ0n) is 16.7. The fraction of sp³-hybridized carbons (Fsp3) is 0.550. The fourth-order valence-electron chi connectivity index (χ4n) is 3.76. The number of piperazine rings is 1. The van der Waals surface area contributed by atoms with E-state index in [0.717, 1.165) is 71.3 Å². The lowest BCUT2D eigenvalue weighted by atomic mass is 10.3. The van der Waals surface area contributed by atoms with Crippen molar-refractivity contribution in [3.8, 4) is 11.4 Å². The third-order valence-corrected chi connectivity index (χ3v) is 5.48. The number of ether oxygens (including phenoxy) is 2. The Morgan fingerprint density at radius 1 is 0.867 bits per heavy atom. The average molecular weight is 425 g/mol. The van der Waals surface area contributed by atoms with E-state index in [-0.39, 0.29) is 5.75 Å². The van der Waals surface area contributed by atoms with Crippen molar-refractivity contribution in [2.45, 2.75) is 6.36 Å². The van der Waals surface area contributed by atoms with Gasteiger partial charge in [0.05, 0.1) is 37.0 Å². The summed E-state index contributed by atoms with van der Waals surface area (Å²) in [5, 5.41) is 4.36. The maximum Gasteiger partial charge on any atom is 0.573 e. The number of aromatic nitrogens is 2. The lowest BCUT2D eigenvalue weighted by Crippen LogP contribution is -2.49. The van der Waals surface area contributed by atoms with Crippen LogP contribution in [0.25, 0.3) is 5.69 Å². The van der Waals surface area contributed by atoms with Crippen molar-refractivity contribution < 1.29 is 22.6 Å². The smallest absolute Gasteiger partial charge is 0.406 e. The van der Waals surface area contributed by atoms with Crippen LogP contribution in [0.5, 0.6) is 5.75 Å². The summed E-state index contributed by atoms with van der Waals surface area (Å²) in [6.45, 7) is 9.68. The Morgan fingerprint density at radius 2 is 1.50 bits per heavy atom. The van der Waals surface area contributed by atoms with Gasteiger partial charge in [0.25, 0.3) is 0 Å². The topological polar surface area (TPSA) is 46.0 Å². The van der Waals surface area contributed by atoms with Crippen molar-refractivity contribution in [3.05, 3.63) is 36.7 Å². The Morgan fingerprint density at radius 3 is 2.13 bits per heavy atom. The zero-order valence-corrected chi connectivity index (χ0v) is 16.7. The minimum Gasteiger partial charge on any atom is -0.406 e. The highest BCUT2D eigenvalue weighted by Gasteiger charge is 2.31. The molecule has 10 heteroatoms. The van der Waals surface area contributed by atoms with Crippen molar-refractivity contribution in [1.29, 1.82) is 0 Å². The van der Waals surface area contributed by atoms with Gasteiger partial charge in [-0.2, -0.15) is 5.10 Å². The molecule has 2 saturated heterocycles. The van der Waals surface area contributed by atoms with Gasteiger partial charge in [0.1, 0.15) is 5.75 Å². The Labute approximate surface area is 173 Å². The van der Waals surface area contributed by atoms with Crippen molar-refractivity contribution in [3.63, 3.8) is 0 Å². The fourth-order valence-corrected chi connectivity index (χ4v) is 3.76. The molecule has 2 aliphatic rings. The van der Waals surface area contributed by atoms with Gasteiger partial charge in [-0.25, -0.2) is 4.68 Å². The normalized spacial score (nSPS) is 19.2. The van der Waals surface area contributed by atoms with Crippen molar-refractivity contribution in [2.75, 3.05) is 70.5 Å². The second-order valence-corrected chi connectivity index (χ2v) is 7.47. The molecule has 0 atom stereocenters. The molecule has 3 heterocycles. The van der Waals surface area contributed by atoms with Gasteiger partial charge in [-0.15, -0.1) is 13.2 Å². The van der Waals surface area contributed by atoms with Crippen molar-refractivity contribution in [2.24, 2.45) is 0 Å². The quantitative estimate of drug-likeness (QED) is 0.708. The standard InChI is InChI=1S/C20H26F3N5O2/c21-20(22,23)30-19-3-1-17(2-4-19)28-16-18(15-24-28)27-9-7-25(8-10-27)5-6-26-11-13-29-14-12-26/h1-4,15-16H,5-14H2. The van der Waals surface area contributed by atoms with Gasteiger partial charge in [-0.1, -0.05) is 0 Å². The predicted molar refractivity (Wildman–Crippen MR) is 106 cm³/mol. The summed E-state index contributed by atoms with van der Waals surface area (Å²) in [4.78, 5) is 7.22. The van der Waals surface area contributed by atoms with Crippen molar-refractivity contribution in [1.82, 2.24) is 19.6 Å². The van der Waals surface area contributed by atoms with Crippen LogP contribution < -0.4 is 9.64 Å². The van der Waals surface area contributed by atoms with Gasteiger partial charge in [0.15, 0.2) is 0 Å². The van der Waals surface area contributed by atoms with Crippen LogP contribution in [0, 0.1) is 0 Å². The van der Waals surface area contributed by atoms with Crippen LogP contribution in [0.15, 0.2) is 36.7 Å². The molecule has 0 amide bonds. The molecular weight excluding hydrogens is 399 g/mol. The molecule has 0 saturated carbocycles. The molecule has 2 fully saturated rings. The van der Waals surface area contributed by atoms with Crippen molar-refractivity contribution >= 4 is 5.69 Å². The Balaban J connectivity index is 1.27. The number of morpholine rings is 1. The zero-order chi connectivity index (χ0) is 21.0. The van der Waals surface area contributed by atoms with E-state index >= 15 is 0 Å². The summed E-state index contributed by atoms with van der Waals surface area (Å²) in [5.74, 6) is -0.244. The molecule has 164 valence electrons. The summed E-state index contributed by atoms with van der Waals surface area (Å²) in [6, 6.07) is 5.69. The van der Waals surface area contributed by atoms with Gasteiger partial charge in [0.2, 0.25) is 0 Å². The average Bonchev–Trinajstić information content (AvgIpc) is 3.23. The highest BCUT2D eigenvalue weighted by atomic mass is 19.4. The van der Waals surface area contributed by atoms with E-state index in [1.54, 1.807) is 23.0 Å². The first-order valence-corrected chi connectivity index (χ1v) is 10.1. The lowest BCUT2D eigenvalue weighted by Gasteiger charge is -2.36. The van der Waals surface area contributed by atoms with Crippen LogP contribution in [-0.2, 0) is 4.74 Å². The number of halogens is 3. The molecule has 30 heavy (non-hydrogen) atoms. The van der Waals surface area contributed by atoms with E-state index in [0.29, 0.717) is 5.69 Å². The summed E-state index contributed by atoms with van der Waals surface area (Å²) in [5.41, 5.74) is 1.69. The first-order valence-electron chi connectivity index (χ1n) is 10.1. The Kier molecular flexibility index (Phi) is 6.45. The summed E-state index contributed by atoms with van der Waals surface area (Å²) in [7, 11) is 0. The maximum absolute atomic E-state index is 12.3. The number of alkyl halides is 3. The van der Waals surface area contributed by atoms with Gasteiger partial charge in [-0.05, 0) is 24.3 Å². The summed E-state index contributed by atoms with van der Waals surface area (Å²) >= 11 is 0. The first kappa shape index (κ1) is 21.0. The maximum atomic E-state index is 12.3. The van der Waals surface area contributed by atoms with Crippen LogP contribution in [0.3, 0.4) is 0 Å².